The minimum atomic E-state index is -1.19. The summed E-state index contributed by atoms with van der Waals surface area (Å²) in [7, 11) is 0. The molecule has 2 unspecified atom stereocenters. The number of carbonyl (C=O) groups is 2. The van der Waals surface area contributed by atoms with Crippen LogP contribution in [0.1, 0.15) is 24.8 Å². The Bertz CT molecular complexity index is 529. The Hall–Kier alpha value is -1.56. The van der Waals surface area contributed by atoms with Crippen LogP contribution in [0, 0.1) is 5.82 Å². The molecule has 1 fully saturated rings. The number of halogens is 1. The summed E-state index contributed by atoms with van der Waals surface area (Å²) in [6.45, 7) is 1.64. The van der Waals surface area contributed by atoms with Crippen LogP contribution in [0.15, 0.2) is 24.3 Å². The fourth-order valence-corrected chi connectivity index (χ4v) is 3.48. The average molecular weight is 297 g/mol. The van der Waals surface area contributed by atoms with E-state index in [9.17, 15) is 19.1 Å². The van der Waals surface area contributed by atoms with Crippen LogP contribution >= 0.6 is 11.8 Å². The molecule has 0 spiro atoms. The lowest BCUT2D eigenvalue weighted by Crippen LogP contribution is -2.55. The maximum absolute atomic E-state index is 13.2. The number of aliphatic carboxylic acids is 1. The normalized spacial score (nSPS) is 23.3. The van der Waals surface area contributed by atoms with Crippen LogP contribution in [0.2, 0.25) is 0 Å². The highest BCUT2D eigenvalue weighted by Crippen LogP contribution is 2.29. The van der Waals surface area contributed by atoms with Crippen LogP contribution in [0.25, 0.3) is 0 Å². The number of carboxylic acids is 1. The predicted molar refractivity (Wildman–Crippen MR) is 75.3 cm³/mol. The number of amides is 1. The van der Waals surface area contributed by atoms with Crippen molar-refractivity contribution in [1.29, 1.82) is 0 Å². The molecule has 20 heavy (non-hydrogen) atoms. The van der Waals surface area contributed by atoms with Gasteiger partial charge in [0, 0.05) is 5.75 Å². The minimum Gasteiger partial charge on any atom is -0.479 e. The van der Waals surface area contributed by atoms with E-state index in [1.54, 1.807) is 13.0 Å². The monoisotopic (exact) mass is 297 g/mol. The predicted octanol–water partition coefficient (Wildman–Crippen LogP) is 2.01. The van der Waals surface area contributed by atoms with Crippen molar-refractivity contribution in [2.75, 3.05) is 11.5 Å². The topological polar surface area (TPSA) is 66.4 Å². The van der Waals surface area contributed by atoms with Gasteiger partial charge in [0.05, 0.1) is 5.92 Å². The van der Waals surface area contributed by atoms with Crippen molar-refractivity contribution in [3.05, 3.63) is 35.6 Å². The molecule has 1 aliphatic heterocycles. The first-order valence-corrected chi connectivity index (χ1v) is 7.49. The lowest BCUT2D eigenvalue weighted by Gasteiger charge is -2.26. The molecule has 1 amide bonds. The van der Waals surface area contributed by atoms with Crippen LogP contribution in [0.4, 0.5) is 4.39 Å². The van der Waals surface area contributed by atoms with Gasteiger partial charge in [0.1, 0.15) is 11.4 Å². The molecule has 0 bridgehead atoms. The van der Waals surface area contributed by atoms with Gasteiger partial charge in [-0.1, -0.05) is 12.1 Å². The molecule has 0 radical (unpaired) electrons. The van der Waals surface area contributed by atoms with E-state index in [0.717, 1.165) is 0 Å². The highest BCUT2D eigenvalue weighted by molar-refractivity contribution is 7.99. The summed E-state index contributed by atoms with van der Waals surface area (Å²) in [4.78, 5) is 23.6. The first-order valence-electron chi connectivity index (χ1n) is 6.33. The number of carbonyl (C=O) groups excluding carboxylic acids is 1. The number of rotatable bonds is 4. The number of carboxylic acid groups (broad SMARTS) is 1. The third-order valence-corrected chi connectivity index (χ3v) is 4.73. The summed E-state index contributed by atoms with van der Waals surface area (Å²) in [5, 5.41) is 11.9. The summed E-state index contributed by atoms with van der Waals surface area (Å²) in [5.74, 6) is -1.33. The second-order valence-electron chi connectivity index (χ2n) is 4.96. The zero-order valence-corrected chi connectivity index (χ0v) is 11.9. The summed E-state index contributed by atoms with van der Waals surface area (Å²) in [6.07, 6.45) is 0.411. The molecule has 1 aromatic carbocycles. The zero-order chi connectivity index (χ0) is 14.8. The smallest absolute Gasteiger partial charge is 0.330 e. The number of nitrogens with one attached hydrogen (secondary N) is 1. The Morgan fingerprint density at radius 1 is 1.50 bits per heavy atom. The van der Waals surface area contributed by atoms with Gasteiger partial charge < -0.3 is 10.4 Å². The summed E-state index contributed by atoms with van der Waals surface area (Å²) in [6, 6.07) is 5.79. The Balaban J connectivity index is 2.13. The second-order valence-corrected chi connectivity index (χ2v) is 6.06. The molecular weight excluding hydrogens is 281 g/mol. The van der Waals surface area contributed by atoms with E-state index in [0.29, 0.717) is 23.5 Å². The summed E-state index contributed by atoms with van der Waals surface area (Å²) in [5.41, 5.74) is -0.655. The molecule has 2 N–H and O–H groups in total. The number of hydrogen-bond acceptors (Lipinski definition) is 3. The molecule has 1 aromatic rings. The van der Waals surface area contributed by atoms with Gasteiger partial charge in [-0.15, -0.1) is 0 Å². The molecule has 1 heterocycles. The van der Waals surface area contributed by atoms with Crippen molar-refractivity contribution in [1.82, 2.24) is 5.32 Å². The molecule has 0 aliphatic carbocycles. The van der Waals surface area contributed by atoms with Crippen molar-refractivity contribution in [2.45, 2.75) is 24.8 Å². The van der Waals surface area contributed by atoms with Gasteiger partial charge in [-0.3, -0.25) is 4.79 Å². The molecular formula is C14H16FNO3S. The molecule has 6 heteroatoms. The van der Waals surface area contributed by atoms with Gasteiger partial charge >= 0.3 is 5.97 Å². The van der Waals surface area contributed by atoms with Crippen molar-refractivity contribution in [3.8, 4) is 0 Å². The van der Waals surface area contributed by atoms with Gasteiger partial charge in [0.25, 0.3) is 0 Å². The highest BCUT2D eigenvalue weighted by atomic mass is 32.2. The van der Waals surface area contributed by atoms with E-state index in [-0.39, 0.29) is 5.91 Å². The van der Waals surface area contributed by atoms with E-state index < -0.39 is 23.2 Å². The van der Waals surface area contributed by atoms with Crippen molar-refractivity contribution < 1.29 is 19.1 Å². The van der Waals surface area contributed by atoms with Crippen LogP contribution < -0.4 is 5.32 Å². The Labute approximate surface area is 120 Å². The maximum Gasteiger partial charge on any atom is 0.330 e. The highest BCUT2D eigenvalue weighted by Gasteiger charge is 2.43. The van der Waals surface area contributed by atoms with Crippen molar-refractivity contribution in [3.63, 3.8) is 0 Å². The molecule has 0 saturated carbocycles. The molecule has 1 saturated heterocycles. The first-order chi connectivity index (χ1) is 9.44. The van der Waals surface area contributed by atoms with Crippen LogP contribution in [0.3, 0.4) is 0 Å². The van der Waals surface area contributed by atoms with Crippen LogP contribution in [-0.4, -0.2) is 34.0 Å². The number of thioether (sulfide) groups is 1. The third-order valence-electron chi connectivity index (χ3n) is 3.54. The Morgan fingerprint density at radius 2 is 2.25 bits per heavy atom. The maximum atomic E-state index is 13.2. The fourth-order valence-electron chi connectivity index (χ4n) is 2.16. The molecule has 4 nitrogen and oxygen atoms in total. The lowest BCUT2D eigenvalue weighted by atomic mass is 9.95. The summed E-state index contributed by atoms with van der Waals surface area (Å²) < 4.78 is 13.2. The van der Waals surface area contributed by atoms with E-state index >= 15 is 0 Å². The zero-order valence-electron chi connectivity index (χ0n) is 11.1. The number of hydrogen-bond donors (Lipinski definition) is 2. The van der Waals surface area contributed by atoms with Crippen LogP contribution in [0.5, 0.6) is 0 Å². The first kappa shape index (κ1) is 14.8. The van der Waals surface area contributed by atoms with Gasteiger partial charge in [0.15, 0.2) is 0 Å². The molecule has 1 aliphatic rings. The third kappa shape index (κ3) is 2.95. The second kappa shape index (κ2) is 5.83. The number of benzene rings is 1. The van der Waals surface area contributed by atoms with Gasteiger partial charge in [-0.2, -0.15) is 11.8 Å². The van der Waals surface area contributed by atoms with E-state index in [1.807, 2.05) is 0 Å². The van der Waals surface area contributed by atoms with E-state index in [4.69, 9.17) is 0 Å². The van der Waals surface area contributed by atoms with Crippen LogP contribution in [-0.2, 0) is 9.59 Å². The Morgan fingerprint density at radius 3 is 2.80 bits per heavy atom. The average Bonchev–Trinajstić information content (AvgIpc) is 2.87. The Kier molecular flexibility index (Phi) is 4.32. The lowest BCUT2D eigenvalue weighted by molar-refractivity contribution is -0.146. The molecule has 2 rings (SSSR count). The van der Waals surface area contributed by atoms with Gasteiger partial charge in [0.2, 0.25) is 5.91 Å². The van der Waals surface area contributed by atoms with Crippen molar-refractivity contribution in [2.24, 2.45) is 0 Å². The standard InChI is InChI=1S/C14H16FNO3S/c1-9(10-3-2-4-11(15)7-10)12(17)16-14(13(18)19)5-6-20-8-14/h2-4,7,9H,5-6,8H2,1H3,(H,16,17)(H,18,19). The minimum absolute atomic E-state index is 0.365. The van der Waals surface area contributed by atoms with E-state index in [1.165, 1.54) is 30.0 Å². The summed E-state index contributed by atoms with van der Waals surface area (Å²) >= 11 is 1.51. The van der Waals surface area contributed by atoms with Crippen molar-refractivity contribution >= 4 is 23.6 Å². The fraction of sp³-hybridized carbons (Fsp3) is 0.429. The molecule has 2 atom stereocenters. The molecule has 108 valence electrons. The largest absolute Gasteiger partial charge is 0.479 e. The SMILES string of the molecule is CC(C(=O)NC1(C(=O)O)CCSC1)c1cccc(F)c1. The van der Waals surface area contributed by atoms with Gasteiger partial charge in [-0.05, 0) is 36.8 Å². The molecule has 0 aromatic heterocycles. The quantitative estimate of drug-likeness (QED) is 0.892. The van der Waals surface area contributed by atoms with E-state index in [2.05, 4.69) is 5.32 Å². The van der Waals surface area contributed by atoms with Gasteiger partial charge in [-0.25, -0.2) is 9.18 Å².